The summed E-state index contributed by atoms with van der Waals surface area (Å²) in [5, 5.41) is 9.41. The Morgan fingerprint density at radius 3 is 1.89 bits per heavy atom. The molecule has 0 aliphatic rings. The summed E-state index contributed by atoms with van der Waals surface area (Å²) in [6, 6.07) is 14.7. The van der Waals surface area contributed by atoms with Gasteiger partial charge in [0.1, 0.15) is 11.0 Å². The van der Waals surface area contributed by atoms with E-state index in [2.05, 4.69) is 36.4 Å². The quantitative estimate of drug-likeness (QED) is 0.433. The van der Waals surface area contributed by atoms with Crippen molar-refractivity contribution in [2.24, 2.45) is 12.8 Å². The molecule has 0 saturated heterocycles. The molecule has 2 N–H and O–H groups in total. The molecular weight excluding hydrogens is 400 g/mol. The molecule has 3 aromatic heterocycles. The standard InChI is InChI=1S/C21H26N4S2Si/c1-25-23-20-16(18-10-6-14(26-18)4-2-12-22)8-9-17(21(20)24-25)19-11-7-15(27-19)5-3-13-28/h6-11H,2-5,12-13,22H2,1,28H3. The van der Waals surface area contributed by atoms with Crippen molar-refractivity contribution in [1.82, 2.24) is 15.0 Å². The van der Waals surface area contributed by atoms with E-state index in [0.29, 0.717) is 0 Å². The highest BCUT2D eigenvalue weighted by atomic mass is 32.1. The van der Waals surface area contributed by atoms with E-state index in [4.69, 9.17) is 15.9 Å². The lowest BCUT2D eigenvalue weighted by Crippen LogP contribution is -1.99. The second kappa shape index (κ2) is 8.69. The van der Waals surface area contributed by atoms with Crippen molar-refractivity contribution in [2.45, 2.75) is 31.7 Å². The molecule has 0 amide bonds. The van der Waals surface area contributed by atoms with Gasteiger partial charge in [0.15, 0.2) is 0 Å². The molecule has 0 atom stereocenters. The highest BCUT2D eigenvalue weighted by molar-refractivity contribution is 7.16. The van der Waals surface area contributed by atoms with Crippen LogP contribution < -0.4 is 5.73 Å². The van der Waals surface area contributed by atoms with E-state index in [1.807, 2.05) is 29.7 Å². The molecule has 4 rings (SSSR count). The summed E-state index contributed by atoms with van der Waals surface area (Å²) in [5.41, 5.74) is 10.00. The molecule has 0 unspecified atom stereocenters. The minimum Gasteiger partial charge on any atom is -0.330 e. The minimum absolute atomic E-state index is 0.735. The van der Waals surface area contributed by atoms with E-state index in [1.54, 1.807) is 4.80 Å². The predicted molar refractivity (Wildman–Crippen MR) is 126 cm³/mol. The summed E-state index contributed by atoms with van der Waals surface area (Å²) in [7, 11) is 3.19. The second-order valence-corrected chi connectivity index (χ2v) is 10.4. The van der Waals surface area contributed by atoms with E-state index in [0.717, 1.165) is 30.4 Å². The van der Waals surface area contributed by atoms with Crippen LogP contribution in [0, 0.1) is 0 Å². The third kappa shape index (κ3) is 3.98. The van der Waals surface area contributed by atoms with E-state index in [1.165, 1.54) is 59.8 Å². The fourth-order valence-electron chi connectivity index (χ4n) is 3.43. The Kier molecular flexibility index (Phi) is 6.06. The Labute approximate surface area is 176 Å². The van der Waals surface area contributed by atoms with Crippen molar-refractivity contribution < 1.29 is 0 Å². The number of benzene rings is 1. The van der Waals surface area contributed by atoms with Crippen LogP contribution in [0.3, 0.4) is 0 Å². The first-order valence-corrected chi connectivity index (χ1v) is 13.0. The van der Waals surface area contributed by atoms with Gasteiger partial charge in [0.2, 0.25) is 0 Å². The Bertz CT molecular complexity index is 996. The average molecular weight is 427 g/mol. The van der Waals surface area contributed by atoms with Crippen LogP contribution >= 0.6 is 22.7 Å². The number of rotatable bonds is 8. The van der Waals surface area contributed by atoms with Gasteiger partial charge in [-0.05, 0) is 50.1 Å². The van der Waals surface area contributed by atoms with Gasteiger partial charge in [-0.2, -0.15) is 15.0 Å². The molecule has 0 spiro atoms. The van der Waals surface area contributed by atoms with Crippen molar-refractivity contribution >= 4 is 43.9 Å². The lowest BCUT2D eigenvalue weighted by atomic mass is 10.1. The van der Waals surface area contributed by atoms with Crippen molar-refractivity contribution in [3.63, 3.8) is 0 Å². The third-order valence-electron chi connectivity index (χ3n) is 4.90. The van der Waals surface area contributed by atoms with E-state index in [9.17, 15) is 0 Å². The number of nitrogens with zero attached hydrogens (tertiary/aromatic N) is 3. The summed E-state index contributed by atoms with van der Waals surface area (Å²) >= 11 is 3.73. The predicted octanol–water partition coefficient (Wildman–Crippen LogP) is 4.03. The molecule has 0 radical (unpaired) electrons. The topological polar surface area (TPSA) is 56.7 Å². The molecule has 0 saturated carbocycles. The van der Waals surface area contributed by atoms with Crippen molar-refractivity contribution in [1.29, 1.82) is 0 Å². The molecular formula is C21H26N4S2Si. The molecule has 4 aromatic rings. The summed E-state index contributed by atoms with van der Waals surface area (Å²) in [4.78, 5) is 7.08. The first-order chi connectivity index (χ1) is 13.7. The van der Waals surface area contributed by atoms with Crippen LogP contribution in [0.5, 0.6) is 0 Å². The fourth-order valence-corrected chi connectivity index (χ4v) is 5.94. The first kappa shape index (κ1) is 19.5. The van der Waals surface area contributed by atoms with E-state index < -0.39 is 0 Å². The Morgan fingerprint density at radius 1 is 0.857 bits per heavy atom. The van der Waals surface area contributed by atoms with Gasteiger partial charge in [0.05, 0.1) is 0 Å². The molecule has 28 heavy (non-hydrogen) atoms. The van der Waals surface area contributed by atoms with Crippen LogP contribution in [0.25, 0.3) is 31.9 Å². The number of aromatic nitrogens is 3. The molecule has 0 aliphatic heterocycles. The van der Waals surface area contributed by atoms with Gasteiger partial charge < -0.3 is 5.73 Å². The maximum atomic E-state index is 5.66. The molecule has 1 aromatic carbocycles. The lowest BCUT2D eigenvalue weighted by molar-refractivity contribution is 0.665. The van der Waals surface area contributed by atoms with Gasteiger partial charge in [-0.15, -0.1) is 22.7 Å². The normalized spacial score (nSPS) is 11.6. The van der Waals surface area contributed by atoms with Gasteiger partial charge in [-0.25, -0.2) is 0 Å². The van der Waals surface area contributed by atoms with Crippen molar-refractivity contribution in [3.05, 3.63) is 46.2 Å². The highest BCUT2D eigenvalue weighted by Gasteiger charge is 2.16. The van der Waals surface area contributed by atoms with Crippen LogP contribution in [-0.4, -0.2) is 31.8 Å². The number of hydrogen-bond acceptors (Lipinski definition) is 5. The highest BCUT2D eigenvalue weighted by Crippen LogP contribution is 2.39. The van der Waals surface area contributed by atoms with Crippen LogP contribution in [0.4, 0.5) is 0 Å². The molecule has 146 valence electrons. The zero-order valence-corrected chi connectivity index (χ0v) is 20.1. The Balaban J connectivity index is 1.72. The molecule has 4 nitrogen and oxygen atoms in total. The van der Waals surface area contributed by atoms with Crippen LogP contribution in [0.15, 0.2) is 36.4 Å². The Hall–Kier alpha value is -1.80. The fraction of sp³-hybridized carbons (Fsp3) is 0.333. The number of thiophene rings is 2. The zero-order valence-electron chi connectivity index (χ0n) is 16.4. The van der Waals surface area contributed by atoms with Gasteiger partial charge in [-0.1, -0.05) is 24.6 Å². The summed E-state index contributed by atoms with van der Waals surface area (Å²) in [6.45, 7) is 0.735. The molecule has 3 heterocycles. The summed E-state index contributed by atoms with van der Waals surface area (Å²) in [6.07, 6.45) is 4.56. The number of hydrogen-bond donors (Lipinski definition) is 1. The third-order valence-corrected chi connectivity index (χ3v) is 7.96. The smallest absolute Gasteiger partial charge is 0.122 e. The van der Waals surface area contributed by atoms with Gasteiger partial charge in [-0.3, -0.25) is 0 Å². The van der Waals surface area contributed by atoms with Gasteiger partial charge in [0.25, 0.3) is 0 Å². The summed E-state index contributed by atoms with van der Waals surface area (Å²) in [5.74, 6) is 0. The largest absolute Gasteiger partial charge is 0.330 e. The lowest BCUT2D eigenvalue weighted by Gasteiger charge is -2.03. The van der Waals surface area contributed by atoms with Crippen LogP contribution in [0.1, 0.15) is 22.6 Å². The summed E-state index contributed by atoms with van der Waals surface area (Å²) < 4.78 is 0. The maximum absolute atomic E-state index is 5.66. The number of aryl methyl sites for hydroxylation is 3. The first-order valence-electron chi connectivity index (χ1n) is 9.92. The SMILES string of the molecule is Cn1nc2c(-c3ccc(CCCN)s3)ccc(-c3ccc(CCC[SiH3])s3)c2n1. The van der Waals surface area contributed by atoms with Gasteiger partial charge >= 0.3 is 0 Å². The van der Waals surface area contributed by atoms with E-state index in [-0.39, 0.29) is 0 Å². The molecule has 7 heteroatoms. The maximum Gasteiger partial charge on any atom is 0.122 e. The average Bonchev–Trinajstić information content (AvgIpc) is 3.43. The zero-order chi connectivity index (χ0) is 19.5. The van der Waals surface area contributed by atoms with Crippen molar-refractivity contribution in [2.75, 3.05) is 6.54 Å². The van der Waals surface area contributed by atoms with Crippen LogP contribution in [0.2, 0.25) is 6.04 Å². The van der Waals surface area contributed by atoms with Crippen molar-refractivity contribution in [3.8, 4) is 20.9 Å². The van der Waals surface area contributed by atoms with Crippen LogP contribution in [-0.2, 0) is 19.9 Å². The molecule has 0 fully saturated rings. The monoisotopic (exact) mass is 426 g/mol. The molecule has 0 bridgehead atoms. The molecule has 0 aliphatic carbocycles. The van der Waals surface area contributed by atoms with Gasteiger partial charge in [0, 0.05) is 47.9 Å². The minimum atomic E-state index is 0.735. The second-order valence-electron chi connectivity index (χ2n) is 7.08. The Morgan fingerprint density at radius 2 is 1.39 bits per heavy atom. The number of nitrogens with two attached hydrogens (primary N) is 1. The van der Waals surface area contributed by atoms with E-state index >= 15 is 0 Å². The number of fused-ring (bicyclic) bond motifs is 1.